The van der Waals surface area contributed by atoms with Crippen LogP contribution in [0, 0.1) is 11.3 Å². The van der Waals surface area contributed by atoms with Gasteiger partial charge in [0.05, 0.1) is 16.8 Å². The minimum Gasteiger partial charge on any atom is -0.417 e. The van der Waals surface area contributed by atoms with Crippen molar-refractivity contribution in [3.05, 3.63) is 29.6 Å². The first kappa shape index (κ1) is 22.5. The maximum absolute atomic E-state index is 12.7. The highest BCUT2D eigenvalue weighted by Gasteiger charge is 2.52. The topological polar surface area (TPSA) is 97.3 Å². The van der Waals surface area contributed by atoms with Crippen molar-refractivity contribution in [3.63, 3.8) is 0 Å². The molecule has 2 aliphatic heterocycles. The molecular weight excluding hydrogens is 426 g/mol. The van der Waals surface area contributed by atoms with Crippen LogP contribution in [0.15, 0.2) is 16.7 Å². The summed E-state index contributed by atoms with van der Waals surface area (Å²) in [5, 5.41) is 16.4. The van der Waals surface area contributed by atoms with E-state index in [1.165, 1.54) is 0 Å². The molecule has 0 aromatic carbocycles. The van der Waals surface area contributed by atoms with Crippen molar-refractivity contribution in [2.75, 3.05) is 18.0 Å². The molecule has 170 valence electrons. The van der Waals surface area contributed by atoms with Gasteiger partial charge in [0.1, 0.15) is 11.9 Å². The number of hydrogen-bond acceptors (Lipinski definition) is 8. The number of nitriles is 1. The Bertz CT molecular complexity index is 1030. The Hall–Kier alpha value is -2.65. The lowest BCUT2D eigenvalue weighted by atomic mass is 9.79. The van der Waals surface area contributed by atoms with E-state index in [2.05, 4.69) is 21.3 Å². The number of pyridine rings is 1. The van der Waals surface area contributed by atoms with E-state index < -0.39 is 30.4 Å². The van der Waals surface area contributed by atoms with Crippen LogP contribution in [0.25, 0.3) is 0 Å². The monoisotopic (exact) mass is 449 g/mol. The lowest BCUT2D eigenvalue weighted by Gasteiger charge is -2.32. The van der Waals surface area contributed by atoms with E-state index in [1.54, 1.807) is 12.3 Å². The van der Waals surface area contributed by atoms with Crippen molar-refractivity contribution in [3.8, 4) is 6.07 Å². The summed E-state index contributed by atoms with van der Waals surface area (Å²) in [4.78, 5) is 6.43. The van der Waals surface area contributed by atoms with Crippen molar-refractivity contribution in [1.29, 1.82) is 5.26 Å². The highest BCUT2D eigenvalue weighted by atomic mass is 19.4. The Balaban J connectivity index is 1.46. The fraction of sp³-hybridized carbons (Fsp3) is 0.600. The van der Waals surface area contributed by atoms with Crippen LogP contribution in [0.3, 0.4) is 0 Å². The number of alkyl halides is 3. The van der Waals surface area contributed by atoms with Gasteiger partial charge in [0.15, 0.2) is 0 Å². The lowest BCUT2D eigenvalue weighted by molar-refractivity contribution is -0.157. The van der Waals surface area contributed by atoms with E-state index >= 15 is 0 Å². The number of hydrogen-bond donors (Lipinski definition) is 0. The summed E-state index contributed by atoms with van der Waals surface area (Å²) in [6.45, 7) is 8.78. The molecule has 0 bridgehead atoms. The van der Waals surface area contributed by atoms with Crippen LogP contribution in [-0.2, 0) is 15.5 Å². The van der Waals surface area contributed by atoms with Gasteiger partial charge >= 0.3 is 19.2 Å². The van der Waals surface area contributed by atoms with Gasteiger partial charge in [0, 0.05) is 30.7 Å². The minimum absolute atomic E-state index is 0.0125. The molecule has 0 unspecified atom stereocenters. The third-order valence-corrected chi connectivity index (χ3v) is 6.36. The molecule has 2 fully saturated rings. The van der Waals surface area contributed by atoms with Crippen LogP contribution in [-0.4, -0.2) is 46.6 Å². The predicted octanol–water partition coefficient (Wildman–Crippen LogP) is 3.04. The van der Waals surface area contributed by atoms with Crippen LogP contribution in [0.2, 0.25) is 0 Å². The molecule has 0 radical (unpaired) electrons. The molecule has 0 saturated carbocycles. The zero-order valence-corrected chi connectivity index (χ0v) is 18.2. The third kappa shape index (κ3) is 4.07. The zero-order chi connectivity index (χ0) is 23.3. The summed E-state index contributed by atoms with van der Waals surface area (Å²) in [6, 6.07) is 3.89. The van der Waals surface area contributed by atoms with Crippen molar-refractivity contribution >= 4 is 18.4 Å². The fourth-order valence-corrected chi connectivity index (χ4v) is 3.77. The highest BCUT2D eigenvalue weighted by Crippen LogP contribution is 2.37. The van der Waals surface area contributed by atoms with Crippen LogP contribution >= 0.6 is 0 Å². The minimum atomic E-state index is -4.66. The first-order valence-electron chi connectivity index (χ1n) is 10.3. The Labute approximate surface area is 183 Å². The lowest BCUT2D eigenvalue weighted by Crippen LogP contribution is -2.41. The number of anilines is 1. The van der Waals surface area contributed by atoms with Gasteiger partial charge in [0.25, 0.3) is 0 Å². The Morgan fingerprint density at radius 1 is 1.12 bits per heavy atom. The normalized spacial score (nSPS) is 21.1. The summed E-state index contributed by atoms with van der Waals surface area (Å²) >= 11 is 0. The molecule has 2 aromatic heterocycles. The molecule has 2 aromatic rings. The molecule has 32 heavy (non-hydrogen) atoms. The van der Waals surface area contributed by atoms with E-state index in [9.17, 15) is 18.4 Å². The summed E-state index contributed by atoms with van der Waals surface area (Å²) in [5.74, 6) is -1.10. The third-order valence-electron chi connectivity index (χ3n) is 6.36. The van der Waals surface area contributed by atoms with Crippen LogP contribution < -0.4 is 10.4 Å². The molecule has 4 rings (SSSR count). The quantitative estimate of drug-likeness (QED) is 0.660. The molecular formula is C20H23BF3N5O3. The summed E-state index contributed by atoms with van der Waals surface area (Å²) in [6.07, 6.45) is -2.01. The van der Waals surface area contributed by atoms with Gasteiger partial charge in [-0.25, -0.2) is 4.98 Å². The largest absolute Gasteiger partial charge is 0.496 e. The highest BCUT2D eigenvalue weighted by molar-refractivity contribution is 6.62. The van der Waals surface area contributed by atoms with E-state index in [1.807, 2.05) is 32.6 Å². The van der Waals surface area contributed by atoms with E-state index in [0.717, 1.165) is 0 Å². The summed E-state index contributed by atoms with van der Waals surface area (Å²) < 4.78 is 55.0. The summed E-state index contributed by atoms with van der Waals surface area (Å²) in [5.41, 5.74) is 0.0227. The maximum Gasteiger partial charge on any atom is 0.496 e. The molecule has 0 spiro atoms. The van der Waals surface area contributed by atoms with Gasteiger partial charge in [-0.05, 0) is 46.6 Å². The van der Waals surface area contributed by atoms with Gasteiger partial charge in [-0.1, -0.05) is 0 Å². The zero-order valence-electron chi connectivity index (χ0n) is 18.2. The Kier molecular flexibility index (Phi) is 5.45. The SMILES string of the molecule is CC1(C)OB(c2cnc(N3CCC(c4nnc(C(F)(F)F)o4)CC3)c(C#N)c2)OC1(C)C. The second-order valence-electron chi connectivity index (χ2n) is 9.04. The molecule has 4 heterocycles. The van der Waals surface area contributed by atoms with Gasteiger partial charge in [-0.15, -0.1) is 10.2 Å². The number of nitrogens with zero attached hydrogens (tertiary/aromatic N) is 5. The number of aromatic nitrogens is 3. The smallest absolute Gasteiger partial charge is 0.417 e. The fourth-order valence-electron chi connectivity index (χ4n) is 3.77. The van der Waals surface area contributed by atoms with Gasteiger partial charge in [0.2, 0.25) is 5.89 Å². The number of halogens is 3. The average molecular weight is 449 g/mol. The van der Waals surface area contributed by atoms with Crippen LogP contribution in [0.1, 0.15) is 63.8 Å². The first-order chi connectivity index (χ1) is 14.9. The molecule has 2 saturated heterocycles. The second-order valence-corrected chi connectivity index (χ2v) is 9.04. The predicted molar refractivity (Wildman–Crippen MR) is 108 cm³/mol. The molecule has 8 nitrogen and oxygen atoms in total. The standard InChI is InChI=1S/C20H23BF3N5O3/c1-18(2)19(3,4)32-21(31-18)14-9-13(10-25)15(26-11-14)29-7-5-12(6-8-29)16-27-28-17(30-16)20(22,23)24/h9,11-12H,5-8H2,1-4H3. The number of rotatable bonds is 3. The molecule has 0 N–H and O–H groups in total. The van der Waals surface area contributed by atoms with Gasteiger partial charge in [-0.2, -0.15) is 18.4 Å². The molecule has 0 aliphatic carbocycles. The Morgan fingerprint density at radius 3 is 2.28 bits per heavy atom. The van der Waals surface area contributed by atoms with E-state index in [4.69, 9.17) is 13.7 Å². The van der Waals surface area contributed by atoms with Crippen molar-refractivity contribution < 1.29 is 26.9 Å². The second kappa shape index (κ2) is 7.74. The van der Waals surface area contributed by atoms with Gasteiger partial charge in [-0.3, -0.25) is 0 Å². The first-order valence-corrected chi connectivity index (χ1v) is 10.3. The van der Waals surface area contributed by atoms with Crippen molar-refractivity contribution in [1.82, 2.24) is 15.2 Å². The molecule has 12 heteroatoms. The van der Waals surface area contributed by atoms with Crippen molar-refractivity contribution in [2.45, 2.75) is 63.8 Å². The molecule has 2 aliphatic rings. The van der Waals surface area contributed by atoms with Crippen LogP contribution in [0.5, 0.6) is 0 Å². The average Bonchev–Trinajstić information content (AvgIpc) is 3.30. The molecule has 0 amide bonds. The molecule has 0 atom stereocenters. The van der Waals surface area contributed by atoms with Crippen molar-refractivity contribution in [2.24, 2.45) is 0 Å². The maximum atomic E-state index is 12.7. The van der Waals surface area contributed by atoms with Crippen LogP contribution in [0.4, 0.5) is 19.0 Å². The Morgan fingerprint density at radius 2 is 1.75 bits per heavy atom. The number of piperidine rings is 1. The van der Waals surface area contributed by atoms with E-state index in [0.29, 0.717) is 42.8 Å². The van der Waals surface area contributed by atoms with E-state index in [-0.39, 0.29) is 11.8 Å². The van der Waals surface area contributed by atoms with Gasteiger partial charge < -0.3 is 18.6 Å². The summed E-state index contributed by atoms with van der Waals surface area (Å²) in [7, 11) is -0.625.